The molecule has 0 aliphatic carbocycles. The lowest BCUT2D eigenvalue weighted by Gasteiger charge is -2.36. The normalized spacial score (nSPS) is 13.9. The highest BCUT2D eigenvalue weighted by atomic mass is 19.1. The molecule has 0 saturated carbocycles. The van der Waals surface area contributed by atoms with Crippen LogP contribution in [0.3, 0.4) is 0 Å². The molecule has 3 N–H and O–H groups in total. The first-order chi connectivity index (χ1) is 15.0. The molecule has 4 rings (SSSR count). The van der Waals surface area contributed by atoms with Gasteiger partial charge in [0.25, 0.3) is 5.91 Å². The SMILES string of the molecule is Cc1cccc(N2CCN(c3ncc(C(=O)NCc4ccccc4F)c(N)n3)CC2)c1. The molecule has 0 bridgehead atoms. The van der Waals surface area contributed by atoms with Crippen molar-refractivity contribution in [3.63, 3.8) is 0 Å². The van der Waals surface area contributed by atoms with E-state index in [4.69, 9.17) is 5.73 Å². The van der Waals surface area contributed by atoms with Crippen LogP contribution in [0.2, 0.25) is 0 Å². The van der Waals surface area contributed by atoms with Gasteiger partial charge in [0.1, 0.15) is 11.6 Å². The molecule has 8 heteroatoms. The van der Waals surface area contributed by atoms with E-state index in [-0.39, 0.29) is 23.7 Å². The molecule has 1 aromatic heterocycles. The van der Waals surface area contributed by atoms with Gasteiger partial charge >= 0.3 is 0 Å². The minimum atomic E-state index is -0.434. The van der Waals surface area contributed by atoms with Crippen LogP contribution in [0.25, 0.3) is 0 Å². The van der Waals surface area contributed by atoms with Gasteiger partial charge in [-0.3, -0.25) is 4.79 Å². The van der Waals surface area contributed by atoms with Gasteiger partial charge in [-0.05, 0) is 30.7 Å². The van der Waals surface area contributed by atoms with Gasteiger partial charge in [-0.1, -0.05) is 30.3 Å². The van der Waals surface area contributed by atoms with Crippen LogP contribution in [0.5, 0.6) is 0 Å². The van der Waals surface area contributed by atoms with Gasteiger partial charge in [0, 0.05) is 50.2 Å². The van der Waals surface area contributed by atoms with Crippen LogP contribution in [0.1, 0.15) is 21.5 Å². The van der Waals surface area contributed by atoms with Gasteiger partial charge in [0.2, 0.25) is 5.95 Å². The van der Waals surface area contributed by atoms with E-state index in [9.17, 15) is 9.18 Å². The van der Waals surface area contributed by atoms with E-state index >= 15 is 0 Å². The topological polar surface area (TPSA) is 87.4 Å². The number of anilines is 3. The predicted octanol–water partition coefficient (Wildman–Crippen LogP) is 2.76. The maximum Gasteiger partial charge on any atom is 0.256 e. The number of aromatic nitrogens is 2. The number of nitrogen functional groups attached to an aromatic ring is 1. The first-order valence-corrected chi connectivity index (χ1v) is 10.2. The number of amides is 1. The Morgan fingerprint density at radius 3 is 2.55 bits per heavy atom. The zero-order valence-corrected chi connectivity index (χ0v) is 17.4. The van der Waals surface area contributed by atoms with Crippen molar-refractivity contribution in [1.29, 1.82) is 0 Å². The number of carbonyl (C=O) groups excluding carboxylic acids is 1. The molecule has 0 atom stereocenters. The van der Waals surface area contributed by atoms with Crippen molar-refractivity contribution in [2.75, 3.05) is 41.7 Å². The molecule has 160 valence electrons. The third-order valence-electron chi connectivity index (χ3n) is 5.38. The number of nitrogens with two attached hydrogens (primary N) is 1. The number of halogens is 1. The number of aryl methyl sites for hydroxylation is 1. The van der Waals surface area contributed by atoms with Gasteiger partial charge in [0.15, 0.2) is 0 Å². The maximum absolute atomic E-state index is 13.7. The van der Waals surface area contributed by atoms with Crippen LogP contribution in [0.15, 0.2) is 54.7 Å². The molecule has 1 fully saturated rings. The third kappa shape index (κ3) is 4.74. The number of nitrogens with zero attached hydrogens (tertiary/aromatic N) is 4. The van der Waals surface area contributed by atoms with Crippen LogP contribution in [-0.4, -0.2) is 42.1 Å². The fourth-order valence-corrected chi connectivity index (χ4v) is 3.61. The minimum Gasteiger partial charge on any atom is -0.383 e. The van der Waals surface area contributed by atoms with E-state index in [1.54, 1.807) is 18.2 Å². The minimum absolute atomic E-state index is 0.0631. The zero-order valence-electron chi connectivity index (χ0n) is 17.4. The summed E-state index contributed by atoms with van der Waals surface area (Å²) < 4.78 is 13.7. The van der Waals surface area contributed by atoms with Crippen LogP contribution < -0.4 is 20.9 Å². The van der Waals surface area contributed by atoms with Gasteiger partial charge in [0.05, 0.1) is 5.56 Å². The van der Waals surface area contributed by atoms with E-state index in [0.717, 1.165) is 26.2 Å². The summed E-state index contributed by atoms with van der Waals surface area (Å²) in [6.45, 7) is 5.35. The summed E-state index contributed by atoms with van der Waals surface area (Å²) in [5.74, 6) is -0.187. The molecule has 1 aliphatic heterocycles. The van der Waals surface area contributed by atoms with Gasteiger partial charge in [-0.15, -0.1) is 0 Å². The van der Waals surface area contributed by atoms with Gasteiger partial charge in [-0.25, -0.2) is 9.37 Å². The summed E-state index contributed by atoms with van der Waals surface area (Å²) in [5, 5.41) is 2.67. The first kappa shape index (κ1) is 20.6. The van der Waals surface area contributed by atoms with Crippen molar-refractivity contribution in [2.24, 2.45) is 0 Å². The van der Waals surface area contributed by atoms with E-state index in [1.165, 1.54) is 23.5 Å². The smallest absolute Gasteiger partial charge is 0.256 e. The molecule has 1 amide bonds. The Labute approximate surface area is 180 Å². The van der Waals surface area contributed by atoms with Crippen LogP contribution in [0, 0.1) is 12.7 Å². The molecule has 7 nitrogen and oxygen atoms in total. The van der Waals surface area contributed by atoms with Crippen LogP contribution in [-0.2, 0) is 6.54 Å². The van der Waals surface area contributed by atoms with Crippen molar-refractivity contribution >= 4 is 23.4 Å². The fourth-order valence-electron chi connectivity index (χ4n) is 3.61. The number of hydrogen-bond donors (Lipinski definition) is 2. The monoisotopic (exact) mass is 420 g/mol. The molecule has 0 spiro atoms. The fraction of sp³-hybridized carbons (Fsp3) is 0.261. The summed E-state index contributed by atoms with van der Waals surface area (Å²) >= 11 is 0. The molecule has 1 aliphatic rings. The highest BCUT2D eigenvalue weighted by Crippen LogP contribution is 2.20. The summed E-state index contributed by atoms with van der Waals surface area (Å²) in [6, 6.07) is 14.7. The number of hydrogen-bond acceptors (Lipinski definition) is 6. The maximum atomic E-state index is 13.7. The highest BCUT2D eigenvalue weighted by molar-refractivity contribution is 5.98. The summed E-state index contributed by atoms with van der Waals surface area (Å²) in [5.41, 5.74) is 9.07. The quantitative estimate of drug-likeness (QED) is 0.660. The zero-order chi connectivity index (χ0) is 21.8. The largest absolute Gasteiger partial charge is 0.383 e. The predicted molar refractivity (Wildman–Crippen MR) is 120 cm³/mol. The van der Waals surface area contributed by atoms with E-state index in [1.807, 2.05) is 0 Å². The molecule has 1 saturated heterocycles. The van der Waals surface area contributed by atoms with E-state index < -0.39 is 5.91 Å². The molecule has 2 heterocycles. The van der Waals surface area contributed by atoms with Crippen LogP contribution in [0.4, 0.5) is 21.8 Å². The van der Waals surface area contributed by atoms with Crippen molar-refractivity contribution in [3.8, 4) is 0 Å². The lowest BCUT2D eigenvalue weighted by molar-refractivity contribution is 0.0951. The van der Waals surface area contributed by atoms with Gasteiger partial charge < -0.3 is 20.9 Å². The molecule has 0 radical (unpaired) electrons. The number of nitrogens with one attached hydrogen (secondary N) is 1. The summed E-state index contributed by atoms with van der Waals surface area (Å²) in [7, 11) is 0. The Morgan fingerprint density at radius 2 is 1.84 bits per heavy atom. The first-order valence-electron chi connectivity index (χ1n) is 10.2. The van der Waals surface area contributed by atoms with Crippen LogP contribution >= 0.6 is 0 Å². The lowest BCUT2D eigenvalue weighted by Crippen LogP contribution is -2.47. The van der Waals surface area contributed by atoms with Crippen molar-refractivity contribution in [2.45, 2.75) is 13.5 Å². The van der Waals surface area contributed by atoms with E-state index in [0.29, 0.717) is 11.5 Å². The average molecular weight is 420 g/mol. The van der Waals surface area contributed by atoms with Crippen molar-refractivity contribution in [1.82, 2.24) is 15.3 Å². The second-order valence-electron chi connectivity index (χ2n) is 7.56. The second-order valence-corrected chi connectivity index (χ2v) is 7.56. The summed E-state index contributed by atoms with van der Waals surface area (Å²) in [6.07, 6.45) is 1.43. The third-order valence-corrected chi connectivity index (χ3v) is 5.38. The highest BCUT2D eigenvalue weighted by Gasteiger charge is 2.21. The number of carbonyl (C=O) groups is 1. The lowest BCUT2D eigenvalue weighted by atomic mass is 10.2. The van der Waals surface area contributed by atoms with Crippen molar-refractivity contribution in [3.05, 3.63) is 77.2 Å². The number of piperazine rings is 1. The molecule has 31 heavy (non-hydrogen) atoms. The molecule has 2 aromatic carbocycles. The molecular weight excluding hydrogens is 395 g/mol. The number of benzene rings is 2. The average Bonchev–Trinajstić information content (AvgIpc) is 2.78. The second kappa shape index (κ2) is 8.99. The molecule has 0 unspecified atom stereocenters. The Hall–Kier alpha value is -3.68. The van der Waals surface area contributed by atoms with E-state index in [2.05, 4.69) is 56.3 Å². The number of rotatable bonds is 5. The van der Waals surface area contributed by atoms with Gasteiger partial charge in [-0.2, -0.15) is 4.98 Å². The molecular formula is C23H25FN6O. The standard InChI is InChI=1S/C23H25FN6O/c1-16-5-4-7-18(13-16)29-9-11-30(12-10-29)23-27-15-19(21(25)28-23)22(31)26-14-17-6-2-3-8-20(17)24/h2-8,13,15H,9-12,14H2,1H3,(H,26,31)(H2,25,27,28). The Bertz CT molecular complexity index is 1080. The van der Waals surface area contributed by atoms with Crippen molar-refractivity contribution < 1.29 is 9.18 Å². The Balaban J connectivity index is 1.37. The Morgan fingerprint density at radius 1 is 1.10 bits per heavy atom. The molecule has 3 aromatic rings. The summed E-state index contributed by atoms with van der Waals surface area (Å²) in [4.78, 5) is 25.5. The Kier molecular flexibility index (Phi) is 5.97.